The Labute approximate surface area is 100 Å². The Kier molecular flexibility index (Phi) is 3.67. The molecule has 90 valence electrons. The van der Waals surface area contributed by atoms with E-state index in [-0.39, 0.29) is 0 Å². The van der Waals surface area contributed by atoms with Gasteiger partial charge in [0.15, 0.2) is 0 Å². The van der Waals surface area contributed by atoms with Crippen molar-refractivity contribution in [2.45, 2.75) is 13.1 Å². The summed E-state index contributed by atoms with van der Waals surface area (Å²) >= 11 is 0. The van der Waals surface area contributed by atoms with E-state index in [1.807, 2.05) is 30.3 Å². The predicted molar refractivity (Wildman–Crippen MR) is 66.9 cm³/mol. The van der Waals surface area contributed by atoms with Crippen molar-refractivity contribution in [3.63, 3.8) is 0 Å². The molecule has 3 N–H and O–H groups in total. The highest BCUT2D eigenvalue weighted by Crippen LogP contribution is 2.17. The average molecular weight is 232 g/mol. The van der Waals surface area contributed by atoms with E-state index >= 15 is 0 Å². The third-order valence-corrected chi connectivity index (χ3v) is 2.48. The normalized spacial score (nSPS) is 10.2. The number of rotatable bonds is 5. The van der Waals surface area contributed by atoms with Gasteiger partial charge in [-0.1, -0.05) is 6.07 Å². The zero-order valence-corrected chi connectivity index (χ0v) is 9.77. The number of hydrogen-bond acceptors (Lipinski definition) is 4. The Hall–Kier alpha value is -1.94. The molecule has 1 aromatic carbocycles. The number of methoxy groups -OCH3 is 1. The fourth-order valence-corrected chi connectivity index (χ4v) is 1.56. The van der Waals surface area contributed by atoms with Gasteiger partial charge in [-0.2, -0.15) is 0 Å². The fourth-order valence-electron chi connectivity index (χ4n) is 1.56. The fraction of sp³-hybridized carbons (Fsp3) is 0.231. The van der Waals surface area contributed by atoms with Crippen LogP contribution >= 0.6 is 0 Å². The van der Waals surface area contributed by atoms with Crippen molar-refractivity contribution >= 4 is 5.69 Å². The largest absolute Gasteiger partial charge is 0.497 e. The lowest BCUT2D eigenvalue weighted by atomic mass is 10.2. The van der Waals surface area contributed by atoms with Crippen molar-refractivity contribution in [3.8, 4) is 5.75 Å². The molecule has 0 bridgehead atoms. The first-order chi connectivity index (χ1) is 8.31. The molecule has 1 aromatic heterocycles. The highest BCUT2D eigenvalue weighted by Gasteiger charge is 2.00. The van der Waals surface area contributed by atoms with E-state index in [1.54, 1.807) is 13.4 Å². The molecule has 1 heterocycles. The highest BCUT2D eigenvalue weighted by atomic mass is 16.5. The lowest BCUT2D eigenvalue weighted by Crippen LogP contribution is -1.98. The van der Waals surface area contributed by atoms with Crippen LogP contribution in [0.15, 0.2) is 41.0 Å². The van der Waals surface area contributed by atoms with Crippen LogP contribution in [0.1, 0.15) is 11.3 Å². The molecule has 0 saturated heterocycles. The first-order valence-corrected chi connectivity index (χ1v) is 5.46. The van der Waals surface area contributed by atoms with Crippen molar-refractivity contribution in [2.24, 2.45) is 5.73 Å². The summed E-state index contributed by atoms with van der Waals surface area (Å²) < 4.78 is 10.4. The van der Waals surface area contributed by atoms with Gasteiger partial charge in [0.05, 0.1) is 19.9 Å². The minimum Gasteiger partial charge on any atom is -0.497 e. The van der Waals surface area contributed by atoms with Crippen LogP contribution in [0.4, 0.5) is 5.69 Å². The lowest BCUT2D eigenvalue weighted by Gasteiger charge is -2.06. The predicted octanol–water partition coefficient (Wildman–Crippen LogP) is 2.36. The Morgan fingerprint density at radius 2 is 2.24 bits per heavy atom. The zero-order chi connectivity index (χ0) is 12.1. The SMILES string of the molecule is COc1cccc(NCc2coc(CN)c2)c1. The van der Waals surface area contributed by atoms with Crippen molar-refractivity contribution in [1.82, 2.24) is 0 Å². The van der Waals surface area contributed by atoms with Crippen LogP contribution in [-0.4, -0.2) is 7.11 Å². The monoisotopic (exact) mass is 232 g/mol. The molecular formula is C13H16N2O2. The Balaban J connectivity index is 1.96. The molecule has 4 nitrogen and oxygen atoms in total. The van der Waals surface area contributed by atoms with Gasteiger partial charge in [-0.15, -0.1) is 0 Å². The maximum Gasteiger partial charge on any atom is 0.120 e. The first-order valence-electron chi connectivity index (χ1n) is 5.46. The molecule has 0 unspecified atom stereocenters. The molecular weight excluding hydrogens is 216 g/mol. The van der Waals surface area contributed by atoms with Gasteiger partial charge in [-0.05, 0) is 18.2 Å². The third kappa shape index (κ3) is 3.01. The maximum absolute atomic E-state index is 5.48. The second kappa shape index (κ2) is 5.41. The van der Waals surface area contributed by atoms with Crippen molar-refractivity contribution in [3.05, 3.63) is 47.9 Å². The van der Waals surface area contributed by atoms with E-state index in [1.165, 1.54) is 0 Å². The summed E-state index contributed by atoms with van der Waals surface area (Å²) in [5.41, 5.74) is 7.57. The third-order valence-electron chi connectivity index (χ3n) is 2.48. The molecule has 0 atom stereocenters. The van der Waals surface area contributed by atoms with E-state index in [2.05, 4.69) is 5.32 Å². The number of benzene rings is 1. The van der Waals surface area contributed by atoms with Crippen molar-refractivity contribution in [2.75, 3.05) is 12.4 Å². The van der Waals surface area contributed by atoms with E-state index < -0.39 is 0 Å². The van der Waals surface area contributed by atoms with Crippen LogP contribution in [0.5, 0.6) is 5.75 Å². The van der Waals surface area contributed by atoms with E-state index in [9.17, 15) is 0 Å². The standard InChI is InChI=1S/C13H16N2O2/c1-16-12-4-2-3-11(6-12)15-8-10-5-13(7-14)17-9-10/h2-6,9,15H,7-8,14H2,1H3. The first kappa shape index (κ1) is 11.5. The number of nitrogens with one attached hydrogen (secondary N) is 1. The van der Waals surface area contributed by atoms with Crippen LogP contribution in [0, 0.1) is 0 Å². The summed E-state index contributed by atoms with van der Waals surface area (Å²) in [6, 6.07) is 9.75. The number of furan rings is 1. The smallest absolute Gasteiger partial charge is 0.120 e. The number of hydrogen-bond donors (Lipinski definition) is 2. The minimum absolute atomic E-state index is 0.430. The van der Waals surface area contributed by atoms with Crippen LogP contribution in [0.25, 0.3) is 0 Å². The van der Waals surface area contributed by atoms with E-state index in [0.717, 1.165) is 22.8 Å². The Morgan fingerprint density at radius 3 is 2.94 bits per heavy atom. The quantitative estimate of drug-likeness (QED) is 0.830. The molecule has 0 spiro atoms. The Morgan fingerprint density at radius 1 is 1.35 bits per heavy atom. The number of ether oxygens (including phenoxy) is 1. The topological polar surface area (TPSA) is 60.4 Å². The maximum atomic E-state index is 5.48. The second-order valence-electron chi connectivity index (χ2n) is 3.71. The minimum atomic E-state index is 0.430. The number of anilines is 1. The zero-order valence-electron chi connectivity index (χ0n) is 9.77. The summed E-state index contributed by atoms with van der Waals surface area (Å²) in [5, 5.41) is 3.29. The van der Waals surface area contributed by atoms with Gasteiger partial charge in [0.1, 0.15) is 11.5 Å². The molecule has 0 amide bonds. The lowest BCUT2D eigenvalue weighted by molar-refractivity contribution is 0.415. The second-order valence-corrected chi connectivity index (χ2v) is 3.71. The molecule has 0 aliphatic rings. The molecule has 2 aromatic rings. The van der Waals surface area contributed by atoms with Crippen LogP contribution in [0.3, 0.4) is 0 Å². The molecule has 0 saturated carbocycles. The van der Waals surface area contributed by atoms with Gasteiger partial charge in [-0.3, -0.25) is 0 Å². The van der Waals surface area contributed by atoms with Crippen molar-refractivity contribution in [1.29, 1.82) is 0 Å². The molecule has 17 heavy (non-hydrogen) atoms. The molecule has 2 rings (SSSR count). The van der Waals surface area contributed by atoms with Crippen LogP contribution in [0.2, 0.25) is 0 Å². The van der Waals surface area contributed by atoms with Crippen molar-refractivity contribution < 1.29 is 9.15 Å². The van der Waals surface area contributed by atoms with Crippen LogP contribution in [-0.2, 0) is 13.1 Å². The summed E-state index contributed by atoms with van der Waals surface area (Å²) in [7, 11) is 1.66. The molecule has 0 radical (unpaired) electrons. The van der Waals surface area contributed by atoms with Gasteiger partial charge >= 0.3 is 0 Å². The Bertz CT molecular complexity index is 480. The van der Waals surface area contributed by atoms with Gasteiger partial charge in [-0.25, -0.2) is 0 Å². The highest BCUT2D eigenvalue weighted by molar-refractivity contribution is 5.48. The van der Waals surface area contributed by atoms with Gasteiger partial charge in [0, 0.05) is 23.9 Å². The van der Waals surface area contributed by atoms with E-state index in [4.69, 9.17) is 14.9 Å². The molecule has 0 aliphatic carbocycles. The van der Waals surface area contributed by atoms with Gasteiger partial charge < -0.3 is 20.2 Å². The number of nitrogens with two attached hydrogens (primary N) is 1. The van der Waals surface area contributed by atoms with Gasteiger partial charge in [0.25, 0.3) is 0 Å². The summed E-state index contributed by atoms with van der Waals surface area (Å²) in [4.78, 5) is 0. The summed E-state index contributed by atoms with van der Waals surface area (Å²) in [5.74, 6) is 1.64. The molecule has 4 heteroatoms. The van der Waals surface area contributed by atoms with Crippen LogP contribution < -0.4 is 15.8 Å². The average Bonchev–Trinajstić information content (AvgIpc) is 2.84. The summed E-state index contributed by atoms with van der Waals surface area (Å²) in [6.07, 6.45) is 1.72. The van der Waals surface area contributed by atoms with E-state index in [0.29, 0.717) is 13.1 Å². The van der Waals surface area contributed by atoms with Gasteiger partial charge in [0.2, 0.25) is 0 Å². The molecule has 0 aliphatic heterocycles. The summed E-state index contributed by atoms with van der Waals surface area (Å²) in [6.45, 7) is 1.13. The molecule has 0 fully saturated rings.